The van der Waals surface area contributed by atoms with Gasteiger partial charge in [0.05, 0.1) is 11.4 Å². The van der Waals surface area contributed by atoms with Crippen molar-refractivity contribution in [2.45, 2.75) is 25.9 Å². The highest BCUT2D eigenvalue weighted by Crippen LogP contribution is 2.00. The molecule has 1 aromatic heterocycles. The molecule has 1 aliphatic rings. The van der Waals surface area contributed by atoms with Gasteiger partial charge < -0.3 is 15.5 Å². The van der Waals surface area contributed by atoms with Gasteiger partial charge in [0.1, 0.15) is 0 Å². The molecule has 4 nitrogen and oxygen atoms in total. The van der Waals surface area contributed by atoms with Gasteiger partial charge in [-0.05, 0) is 58.2 Å². The quantitative estimate of drug-likeness (QED) is 0.718. The fourth-order valence-corrected chi connectivity index (χ4v) is 2.22. The smallest absolute Gasteiger partial charge is 0.0545 e. The number of rotatable bonds is 0. The summed E-state index contributed by atoms with van der Waals surface area (Å²) < 4.78 is 0. The highest BCUT2D eigenvalue weighted by Gasteiger charge is 2.02. The lowest BCUT2D eigenvalue weighted by Gasteiger charge is -2.17. The molecule has 0 amide bonds. The molecule has 0 unspecified atom stereocenters. The SMILES string of the molecule is CN1CCCNCc2cccc(n2)CNCCC1. The van der Waals surface area contributed by atoms with Crippen molar-refractivity contribution in [3.05, 3.63) is 29.6 Å². The van der Waals surface area contributed by atoms with Gasteiger partial charge in [-0.1, -0.05) is 6.07 Å². The monoisotopic (exact) mass is 248 g/mol. The molecular formula is C14H24N4. The van der Waals surface area contributed by atoms with Crippen LogP contribution in [-0.4, -0.2) is 43.1 Å². The molecule has 0 fully saturated rings. The van der Waals surface area contributed by atoms with Gasteiger partial charge >= 0.3 is 0 Å². The zero-order valence-electron chi connectivity index (χ0n) is 11.3. The molecule has 2 heterocycles. The Hall–Kier alpha value is -0.970. The summed E-state index contributed by atoms with van der Waals surface area (Å²) in [4.78, 5) is 7.05. The molecule has 0 spiro atoms. The number of nitrogens with zero attached hydrogens (tertiary/aromatic N) is 2. The van der Waals surface area contributed by atoms with E-state index >= 15 is 0 Å². The topological polar surface area (TPSA) is 40.2 Å². The molecule has 0 atom stereocenters. The van der Waals surface area contributed by atoms with E-state index in [-0.39, 0.29) is 0 Å². The first-order chi connectivity index (χ1) is 8.84. The summed E-state index contributed by atoms with van der Waals surface area (Å²) in [6.07, 6.45) is 2.40. The van der Waals surface area contributed by atoms with Crippen LogP contribution in [0.5, 0.6) is 0 Å². The lowest BCUT2D eigenvalue weighted by molar-refractivity contribution is 0.319. The predicted molar refractivity (Wildman–Crippen MR) is 74.4 cm³/mol. The van der Waals surface area contributed by atoms with E-state index in [1.165, 1.54) is 25.9 Å². The summed E-state index contributed by atoms with van der Waals surface area (Å²) in [5, 5.41) is 6.92. The number of hydrogen-bond donors (Lipinski definition) is 2. The van der Waals surface area contributed by atoms with Crippen molar-refractivity contribution in [1.29, 1.82) is 0 Å². The highest BCUT2D eigenvalue weighted by atomic mass is 15.1. The van der Waals surface area contributed by atoms with Crippen molar-refractivity contribution in [3.63, 3.8) is 0 Å². The molecule has 100 valence electrons. The summed E-state index contributed by atoms with van der Waals surface area (Å²) >= 11 is 0. The second-order valence-corrected chi connectivity index (χ2v) is 4.98. The highest BCUT2D eigenvalue weighted by molar-refractivity contribution is 5.11. The number of aromatic nitrogens is 1. The van der Waals surface area contributed by atoms with Crippen LogP contribution in [0, 0.1) is 0 Å². The normalized spacial score (nSPS) is 20.3. The summed E-state index contributed by atoms with van der Waals surface area (Å²) in [5.74, 6) is 0. The Morgan fingerprint density at radius 3 is 2.11 bits per heavy atom. The molecule has 0 aromatic carbocycles. The molecule has 0 saturated carbocycles. The zero-order chi connectivity index (χ0) is 12.6. The third-order valence-electron chi connectivity index (χ3n) is 3.26. The lowest BCUT2D eigenvalue weighted by Crippen LogP contribution is -2.28. The molecule has 0 aliphatic carbocycles. The van der Waals surface area contributed by atoms with Crippen LogP contribution in [0.2, 0.25) is 0 Å². The van der Waals surface area contributed by atoms with Gasteiger partial charge in [0.15, 0.2) is 0 Å². The largest absolute Gasteiger partial charge is 0.311 e. The lowest BCUT2D eigenvalue weighted by atomic mass is 10.2. The van der Waals surface area contributed by atoms with Crippen molar-refractivity contribution >= 4 is 0 Å². The van der Waals surface area contributed by atoms with E-state index in [2.05, 4.69) is 45.8 Å². The van der Waals surface area contributed by atoms with Crippen LogP contribution < -0.4 is 10.6 Å². The van der Waals surface area contributed by atoms with Crippen LogP contribution >= 0.6 is 0 Å². The fraction of sp³-hybridized carbons (Fsp3) is 0.643. The summed E-state index contributed by atoms with van der Waals surface area (Å²) in [7, 11) is 2.20. The van der Waals surface area contributed by atoms with Gasteiger partial charge in [0, 0.05) is 13.1 Å². The number of pyridine rings is 1. The first kappa shape index (κ1) is 13.5. The minimum Gasteiger partial charge on any atom is -0.311 e. The van der Waals surface area contributed by atoms with Gasteiger partial charge in [-0.15, -0.1) is 0 Å². The van der Waals surface area contributed by atoms with E-state index in [1.807, 2.05) is 0 Å². The molecule has 2 rings (SSSR count). The Labute approximate surface area is 110 Å². The maximum atomic E-state index is 4.64. The van der Waals surface area contributed by atoms with E-state index in [4.69, 9.17) is 0 Å². The zero-order valence-corrected chi connectivity index (χ0v) is 11.3. The van der Waals surface area contributed by atoms with Crippen LogP contribution in [0.3, 0.4) is 0 Å². The predicted octanol–water partition coefficient (Wildman–Crippen LogP) is 0.986. The molecule has 4 heteroatoms. The second kappa shape index (κ2) is 7.46. The van der Waals surface area contributed by atoms with E-state index in [0.717, 1.165) is 37.6 Å². The van der Waals surface area contributed by atoms with Crippen molar-refractivity contribution in [3.8, 4) is 0 Å². The number of nitrogens with one attached hydrogen (secondary N) is 2. The average molecular weight is 248 g/mol. The molecule has 1 aromatic rings. The maximum absolute atomic E-state index is 4.64. The van der Waals surface area contributed by atoms with Gasteiger partial charge in [-0.25, -0.2) is 0 Å². The Morgan fingerprint density at radius 2 is 1.56 bits per heavy atom. The number of fused-ring (bicyclic) bond motifs is 2. The summed E-state index contributed by atoms with van der Waals surface area (Å²) in [5.41, 5.74) is 2.28. The molecule has 2 bridgehead atoms. The molecule has 0 radical (unpaired) electrons. The minimum absolute atomic E-state index is 0.873. The molecule has 1 aliphatic heterocycles. The standard InChI is InChI=1S/C14H24N4/c1-18-9-3-7-15-11-13-5-2-6-14(17-13)12-16-8-4-10-18/h2,5-6,15-16H,3-4,7-12H2,1H3. The van der Waals surface area contributed by atoms with Crippen LogP contribution in [0.1, 0.15) is 24.2 Å². The van der Waals surface area contributed by atoms with Crippen LogP contribution in [0.15, 0.2) is 18.2 Å². The van der Waals surface area contributed by atoms with Gasteiger partial charge in [-0.3, -0.25) is 4.98 Å². The number of hydrogen-bond acceptors (Lipinski definition) is 4. The Morgan fingerprint density at radius 1 is 1.00 bits per heavy atom. The van der Waals surface area contributed by atoms with E-state index in [9.17, 15) is 0 Å². The van der Waals surface area contributed by atoms with Crippen LogP contribution in [-0.2, 0) is 13.1 Å². The second-order valence-electron chi connectivity index (χ2n) is 4.98. The Bertz CT molecular complexity index is 324. The van der Waals surface area contributed by atoms with Crippen LogP contribution in [0.4, 0.5) is 0 Å². The molecule has 2 N–H and O–H groups in total. The minimum atomic E-state index is 0.873. The van der Waals surface area contributed by atoms with E-state index in [1.54, 1.807) is 0 Å². The Balaban J connectivity index is 1.92. The van der Waals surface area contributed by atoms with Crippen molar-refractivity contribution in [2.24, 2.45) is 0 Å². The van der Waals surface area contributed by atoms with E-state index in [0.29, 0.717) is 0 Å². The molecule has 0 saturated heterocycles. The van der Waals surface area contributed by atoms with Crippen molar-refractivity contribution in [2.75, 3.05) is 33.2 Å². The third kappa shape index (κ3) is 4.72. The average Bonchev–Trinajstić information content (AvgIpc) is 2.38. The van der Waals surface area contributed by atoms with Gasteiger partial charge in [0.2, 0.25) is 0 Å². The maximum Gasteiger partial charge on any atom is 0.0545 e. The molecular weight excluding hydrogens is 224 g/mol. The van der Waals surface area contributed by atoms with Crippen LogP contribution in [0.25, 0.3) is 0 Å². The van der Waals surface area contributed by atoms with Gasteiger partial charge in [0.25, 0.3) is 0 Å². The third-order valence-corrected chi connectivity index (χ3v) is 3.26. The first-order valence-corrected chi connectivity index (χ1v) is 6.89. The summed E-state index contributed by atoms with van der Waals surface area (Å²) in [6.45, 7) is 6.21. The fourth-order valence-electron chi connectivity index (χ4n) is 2.22. The van der Waals surface area contributed by atoms with Crippen molar-refractivity contribution < 1.29 is 0 Å². The van der Waals surface area contributed by atoms with Crippen molar-refractivity contribution in [1.82, 2.24) is 20.5 Å². The van der Waals surface area contributed by atoms with E-state index < -0.39 is 0 Å². The Kier molecular flexibility index (Phi) is 5.58. The first-order valence-electron chi connectivity index (χ1n) is 6.89. The molecule has 18 heavy (non-hydrogen) atoms. The summed E-state index contributed by atoms with van der Waals surface area (Å²) in [6, 6.07) is 6.28. The van der Waals surface area contributed by atoms with Gasteiger partial charge in [-0.2, -0.15) is 0 Å².